The van der Waals surface area contributed by atoms with Crippen molar-refractivity contribution in [3.63, 3.8) is 0 Å². The summed E-state index contributed by atoms with van der Waals surface area (Å²) in [5.74, 6) is 1.49. The van der Waals surface area contributed by atoms with Crippen molar-refractivity contribution in [1.82, 2.24) is 5.32 Å². The number of aliphatic imine (C=N–C) groups is 1. The fourth-order valence-corrected chi connectivity index (χ4v) is 3.00. The number of methoxy groups -OCH3 is 1. The molecule has 3 rings (SSSR count). The zero-order valence-corrected chi connectivity index (χ0v) is 18.5. The van der Waals surface area contributed by atoms with Crippen molar-refractivity contribution in [2.75, 3.05) is 32.7 Å². The van der Waals surface area contributed by atoms with Crippen LogP contribution in [-0.4, -0.2) is 39.4 Å². The van der Waals surface area contributed by atoms with Crippen LogP contribution in [0.25, 0.3) is 0 Å². The van der Waals surface area contributed by atoms with E-state index in [2.05, 4.69) is 15.6 Å². The maximum Gasteiger partial charge on any atom is 0.195 e. The number of hydrogen-bond acceptors (Lipinski definition) is 3. The van der Waals surface area contributed by atoms with E-state index in [0.717, 1.165) is 29.8 Å². The monoisotopic (exact) mass is 499 g/mol. The molecule has 0 bridgehead atoms. The Labute approximate surface area is 182 Å². The summed E-state index contributed by atoms with van der Waals surface area (Å²) in [5, 5.41) is 6.63. The quantitative estimate of drug-likeness (QED) is 0.245. The van der Waals surface area contributed by atoms with Gasteiger partial charge in [0, 0.05) is 50.9 Å². The summed E-state index contributed by atoms with van der Waals surface area (Å²) in [6.45, 7) is 1.29. The molecule has 2 unspecified atom stereocenters. The van der Waals surface area contributed by atoms with Gasteiger partial charge in [0.25, 0.3) is 0 Å². The van der Waals surface area contributed by atoms with Gasteiger partial charge in [-0.05, 0) is 30.2 Å². The number of guanidine groups is 1. The molecule has 1 fully saturated rings. The first-order chi connectivity index (χ1) is 13.2. The van der Waals surface area contributed by atoms with Crippen molar-refractivity contribution in [3.8, 4) is 5.75 Å². The van der Waals surface area contributed by atoms with Crippen LogP contribution in [0.3, 0.4) is 0 Å². The molecule has 2 aromatic rings. The third-order valence-corrected chi connectivity index (χ3v) is 4.50. The second kappa shape index (κ2) is 11.2. The Hall–Kier alpha value is -1.87. The smallest absolute Gasteiger partial charge is 0.195 e. The summed E-state index contributed by atoms with van der Waals surface area (Å²) < 4.78 is 24.7. The zero-order chi connectivity index (χ0) is 19.1. The van der Waals surface area contributed by atoms with E-state index in [0.29, 0.717) is 19.2 Å². The normalized spacial score (nSPS) is 18.2. The molecule has 2 aromatic carbocycles. The third kappa shape index (κ3) is 6.34. The van der Waals surface area contributed by atoms with Gasteiger partial charge in [-0.1, -0.05) is 24.3 Å². The topological polar surface area (TPSA) is 54.9 Å². The van der Waals surface area contributed by atoms with Gasteiger partial charge in [-0.15, -0.1) is 24.0 Å². The summed E-state index contributed by atoms with van der Waals surface area (Å²) in [6, 6.07) is 14.9. The molecule has 0 amide bonds. The van der Waals surface area contributed by atoms with Crippen LogP contribution < -0.4 is 15.4 Å². The largest absolute Gasteiger partial charge is 0.493 e. The SMILES string of the molecule is CN=C(Nc1cccc(OCCCOC)c1)NC1CC1c1ccccc1F.I. The molecule has 2 N–H and O–H groups in total. The minimum Gasteiger partial charge on any atom is -0.493 e. The Morgan fingerprint density at radius 3 is 2.75 bits per heavy atom. The molecule has 0 aliphatic heterocycles. The molecule has 0 aromatic heterocycles. The summed E-state index contributed by atoms with van der Waals surface area (Å²) in [7, 11) is 3.40. The highest BCUT2D eigenvalue weighted by Crippen LogP contribution is 2.41. The second-order valence-corrected chi connectivity index (χ2v) is 6.53. The van der Waals surface area contributed by atoms with Gasteiger partial charge < -0.3 is 20.1 Å². The van der Waals surface area contributed by atoms with Crippen LogP contribution in [0.5, 0.6) is 5.75 Å². The standard InChI is InChI=1S/C21H26FN3O2.HI/c1-23-21(25-20-14-18(20)17-9-3-4-10-19(17)22)24-15-7-5-8-16(13-15)27-12-6-11-26-2;/h3-5,7-10,13,18,20H,6,11-12,14H2,1-2H3,(H2,23,24,25);1H. The number of anilines is 1. The van der Waals surface area contributed by atoms with Crippen molar-refractivity contribution in [2.24, 2.45) is 4.99 Å². The van der Waals surface area contributed by atoms with Crippen LogP contribution in [-0.2, 0) is 4.74 Å². The number of halogens is 2. The fourth-order valence-electron chi connectivity index (χ4n) is 3.00. The van der Waals surface area contributed by atoms with Crippen molar-refractivity contribution in [3.05, 3.63) is 59.9 Å². The molecule has 0 heterocycles. The average Bonchev–Trinajstić information content (AvgIpc) is 3.44. The third-order valence-electron chi connectivity index (χ3n) is 4.50. The first kappa shape index (κ1) is 22.4. The molecule has 0 saturated heterocycles. The van der Waals surface area contributed by atoms with Gasteiger partial charge in [0.2, 0.25) is 0 Å². The Morgan fingerprint density at radius 1 is 1.18 bits per heavy atom. The molecule has 0 spiro atoms. The minimum absolute atomic E-state index is 0. The van der Waals surface area contributed by atoms with E-state index < -0.39 is 0 Å². The van der Waals surface area contributed by atoms with Gasteiger partial charge in [0.15, 0.2) is 5.96 Å². The molecule has 7 heteroatoms. The maximum atomic E-state index is 13.9. The van der Waals surface area contributed by atoms with Gasteiger partial charge in [-0.3, -0.25) is 4.99 Å². The molecule has 28 heavy (non-hydrogen) atoms. The van der Waals surface area contributed by atoms with E-state index in [4.69, 9.17) is 9.47 Å². The number of benzene rings is 2. The highest BCUT2D eigenvalue weighted by molar-refractivity contribution is 14.0. The Balaban J connectivity index is 0.00000280. The van der Waals surface area contributed by atoms with Crippen molar-refractivity contribution in [1.29, 1.82) is 0 Å². The highest BCUT2D eigenvalue weighted by atomic mass is 127. The first-order valence-corrected chi connectivity index (χ1v) is 9.18. The average molecular weight is 499 g/mol. The van der Waals surface area contributed by atoms with Crippen LogP contribution in [0.4, 0.5) is 10.1 Å². The Morgan fingerprint density at radius 2 is 2.00 bits per heavy atom. The summed E-state index contributed by atoms with van der Waals surface area (Å²) >= 11 is 0. The predicted octanol–water partition coefficient (Wildman–Crippen LogP) is 4.40. The van der Waals surface area contributed by atoms with Gasteiger partial charge in [-0.2, -0.15) is 0 Å². The van der Waals surface area contributed by atoms with E-state index >= 15 is 0 Å². The molecular formula is C21H27FIN3O2. The van der Waals surface area contributed by atoms with Crippen LogP contribution >= 0.6 is 24.0 Å². The number of ether oxygens (including phenoxy) is 2. The summed E-state index contributed by atoms with van der Waals surface area (Å²) in [6.07, 6.45) is 1.74. The lowest BCUT2D eigenvalue weighted by Gasteiger charge is -2.13. The lowest BCUT2D eigenvalue weighted by Crippen LogP contribution is -2.33. The van der Waals surface area contributed by atoms with E-state index in [9.17, 15) is 4.39 Å². The predicted molar refractivity (Wildman–Crippen MR) is 122 cm³/mol. The number of nitrogens with zero attached hydrogens (tertiary/aromatic N) is 1. The van der Waals surface area contributed by atoms with Gasteiger partial charge in [0.05, 0.1) is 6.61 Å². The van der Waals surface area contributed by atoms with Gasteiger partial charge in [-0.25, -0.2) is 4.39 Å². The number of hydrogen-bond donors (Lipinski definition) is 2. The lowest BCUT2D eigenvalue weighted by molar-refractivity contribution is 0.172. The molecule has 1 saturated carbocycles. The Kier molecular flexibility index (Phi) is 8.98. The van der Waals surface area contributed by atoms with E-state index in [1.807, 2.05) is 36.4 Å². The van der Waals surface area contributed by atoms with E-state index in [-0.39, 0.29) is 41.8 Å². The van der Waals surface area contributed by atoms with E-state index in [1.165, 1.54) is 6.07 Å². The molecule has 152 valence electrons. The molecule has 2 atom stereocenters. The molecule has 1 aliphatic carbocycles. The summed E-state index contributed by atoms with van der Waals surface area (Å²) in [5.41, 5.74) is 1.65. The highest BCUT2D eigenvalue weighted by Gasteiger charge is 2.40. The Bertz CT molecular complexity index is 788. The minimum atomic E-state index is -0.145. The van der Waals surface area contributed by atoms with Crippen molar-refractivity contribution < 1.29 is 13.9 Å². The van der Waals surface area contributed by atoms with Gasteiger partial charge in [0.1, 0.15) is 11.6 Å². The van der Waals surface area contributed by atoms with Crippen LogP contribution in [0.15, 0.2) is 53.5 Å². The molecule has 1 aliphatic rings. The van der Waals surface area contributed by atoms with Crippen molar-refractivity contribution >= 4 is 35.6 Å². The van der Waals surface area contributed by atoms with E-state index in [1.54, 1.807) is 20.2 Å². The van der Waals surface area contributed by atoms with Gasteiger partial charge >= 0.3 is 0 Å². The van der Waals surface area contributed by atoms with Crippen LogP contribution in [0, 0.1) is 5.82 Å². The number of rotatable bonds is 8. The summed E-state index contributed by atoms with van der Waals surface area (Å²) in [4.78, 5) is 4.27. The molecular weight excluding hydrogens is 472 g/mol. The first-order valence-electron chi connectivity index (χ1n) is 9.18. The fraction of sp³-hybridized carbons (Fsp3) is 0.381. The van der Waals surface area contributed by atoms with Crippen LogP contribution in [0.2, 0.25) is 0 Å². The maximum absolute atomic E-state index is 13.9. The van der Waals surface area contributed by atoms with Crippen LogP contribution in [0.1, 0.15) is 24.3 Å². The second-order valence-electron chi connectivity index (χ2n) is 6.53. The number of nitrogens with one attached hydrogen (secondary N) is 2. The molecule has 5 nitrogen and oxygen atoms in total. The van der Waals surface area contributed by atoms with Crippen molar-refractivity contribution in [2.45, 2.75) is 24.8 Å². The molecule has 0 radical (unpaired) electrons. The zero-order valence-electron chi connectivity index (χ0n) is 16.2. The lowest BCUT2D eigenvalue weighted by atomic mass is 10.1.